The Kier molecular flexibility index (Phi) is 6.21. The van der Waals surface area contributed by atoms with E-state index in [2.05, 4.69) is 16.0 Å². The smallest absolute Gasteiger partial charge is 0.320 e. The Hall–Kier alpha value is -2.53. The number of hydrogen-bond donors (Lipinski definition) is 3. The Morgan fingerprint density at radius 3 is 2.29 bits per heavy atom. The predicted molar refractivity (Wildman–Crippen MR) is 96.1 cm³/mol. The summed E-state index contributed by atoms with van der Waals surface area (Å²) in [6.45, 7) is 3.73. The van der Waals surface area contributed by atoms with Gasteiger partial charge in [-0.3, -0.25) is 4.79 Å². The first-order chi connectivity index (χ1) is 11.5. The zero-order valence-electron chi connectivity index (χ0n) is 13.5. The zero-order valence-corrected chi connectivity index (χ0v) is 14.3. The molecule has 0 radical (unpaired) electrons. The zero-order chi connectivity index (χ0) is 17.5. The second kappa shape index (κ2) is 8.36. The van der Waals surface area contributed by atoms with E-state index in [0.717, 1.165) is 0 Å². The van der Waals surface area contributed by atoms with Crippen LogP contribution in [0.2, 0.25) is 5.02 Å². The van der Waals surface area contributed by atoms with Crippen LogP contribution in [0.25, 0.3) is 0 Å². The van der Waals surface area contributed by atoms with E-state index in [1.165, 1.54) is 0 Å². The molecular weight excluding hydrogens is 326 g/mol. The molecule has 0 aliphatic heterocycles. The highest BCUT2D eigenvalue weighted by Gasteiger charge is 2.23. The lowest BCUT2D eigenvalue weighted by Gasteiger charge is -2.20. The second-order valence-corrected chi connectivity index (χ2v) is 6.05. The van der Waals surface area contributed by atoms with E-state index in [-0.39, 0.29) is 11.9 Å². The number of carbonyl (C=O) groups is 2. The Morgan fingerprint density at radius 1 is 0.958 bits per heavy atom. The summed E-state index contributed by atoms with van der Waals surface area (Å²) in [5.41, 5.74) is 1.26. The van der Waals surface area contributed by atoms with E-state index < -0.39 is 12.1 Å². The summed E-state index contributed by atoms with van der Waals surface area (Å²) in [7, 11) is 0. The number of anilines is 1. The molecule has 24 heavy (non-hydrogen) atoms. The molecule has 0 aliphatic rings. The van der Waals surface area contributed by atoms with Crippen LogP contribution in [-0.2, 0) is 4.79 Å². The van der Waals surface area contributed by atoms with E-state index in [9.17, 15) is 9.59 Å². The molecule has 2 aromatic rings. The molecule has 0 fully saturated rings. The molecule has 2 aromatic carbocycles. The van der Waals surface area contributed by atoms with Crippen molar-refractivity contribution in [1.29, 1.82) is 0 Å². The van der Waals surface area contributed by atoms with Crippen molar-refractivity contribution in [1.82, 2.24) is 10.6 Å². The number of carbonyl (C=O) groups excluding carboxylic acids is 2. The van der Waals surface area contributed by atoms with Crippen LogP contribution in [-0.4, -0.2) is 18.0 Å². The first-order valence-corrected chi connectivity index (χ1v) is 8.02. The van der Waals surface area contributed by atoms with Gasteiger partial charge in [-0.1, -0.05) is 48.0 Å². The van der Waals surface area contributed by atoms with Crippen molar-refractivity contribution in [3.8, 4) is 0 Å². The third kappa shape index (κ3) is 5.28. The topological polar surface area (TPSA) is 70.2 Å². The monoisotopic (exact) mass is 345 g/mol. The third-order valence-corrected chi connectivity index (χ3v) is 3.42. The number of urea groups is 1. The normalized spacial score (nSPS) is 11.7. The molecule has 0 aromatic heterocycles. The minimum atomic E-state index is -0.784. The summed E-state index contributed by atoms with van der Waals surface area (Å²) < 4.78 is 0. The Labute approximate surface area is 146 Å². The molecule has 0 aliphatic carbocycles. The Bertz CT molecular complexity index is 704. The largest absolute Gasteiger partial charge is 0.352 e. The molecule has 5 nitrogen and oxygen atoms in total. The predicted octanol–water partition coefficient (Wildman–Crippen LogP) is 3.73. The average Bonchev–Trinajstić information content (AvgIpc) is 2.52. The molecule has 0 spiro atoms. The number of nitrogens with one attached hydrogen (secondary N) is 3. The fraction of sp³-hybridized carbons (Fsp3) is 0.222. The molecule has 0 heterocycles. The minimum Gasteiger partial charge on any atom is -0.352 e. The standard InChI is InChI=1S/C18H20ClN3O2/c1-12(2)20-17(23)16(13-7-4-3-5-8-13)22-18(24)21-15-10-6-9-14(19)11-15/h3-12,16H,1-2H3,(H,20,23)(H2,21,22,24)/t16-/m0/s1. The van der Waals surface area contributed by atoms with Gasteiger partial charge in [-0.15, -0.1) is 0 Å². The van der Waals surface area contributed by atoms with Crippen molar-refractivity contribution < 1.29 is 9.59 Å². The van der Waals surface area contributed by atoms with Gasteiger partial charge in [0, 0.05) is 16.8 Å². The van der Waals surface area contributed by atoms with Gasteiger partial charge < -0.3 is 16.0 Å². The van der Waals surface area contributed by atoms with Gasteiger partial charge in [-0.05, 0) is 37.6 Å². The van der Waals surface area contributed by atoms with Crippen LogP contribution in [0.3, 0.4) is 0 Å². The van der Waals surface area contributed by atoms with E-state index in [0.29, 0.717) is 16.3 Å². The van der Waals surface area contributed by atoms with E-state index in [1.54, 1.807) is 36.4 Å². The fourth-order valence-electron chi connectivity index (χ4n) is 2.18. The average molecular weight is 346 g/mol. The molecule has 1 atom stereocenters. The maximum atomic E-state index is 12.4. The molecule has 0 unspecified atom stereocenters. The summed E-state index contributed by atoms with van der Waals surface area (Å²) in [4.78, 5) is 24.7. The van der Waals surface area contributed by atoms with Crippen LogP contribution in [0.1, 0.15) is 25.5 Å². The highest BCUT2D eigenvalue weighted by Crippen LogP contribution is 2.16. The molecule has 3 amide bonds. The molecule has 0 bridgehead atoms. The number of halogens is 1. The number of rotatable bonds is 5. The van der Waals surface area contributed by atoms with Crippen LogP contribution in [0.15, 0.2) is 54.6 Å². The highest BCUT2D eigenvalue weighted by atomic mass is 35.5. The van der Waals surface area contributed by atoms with Crippen molar-refractivity contribution in [3.63, 3.8) is 0 Å². The Morgan fingerprint density at radius 2 is 1.67 bits per heavy atom. The third-order valence-electron chi connectivity index (χ3n) is 3.18. The Balaban J connectivity index is 2.12. The number of benzene rings is 2. The number of hydrogen-bond acceptors (Lipinski definition) is 2. The fourth-order valence-corrected chi connectivity index (χ4v) is 2.37. The van der Waals surface area contributed by atoms with Gasteiger partial charge in [0.25, 0.3) is 0 Å². The van der Waals surface area contributed by atoms with Crippen LogP contribution in [0.5, 0.6) is 0 Å². The number of amides is 3. The molecular formula is C18H20ClN3O2. The van der Waals surface area contributed by atoms with Gasteiger partial charge in [-0.25, -0.2) is 4.79 Å². The van der Waals surface area contributed by atoms with Gasteiger partial charge in [-0.2, -0.15) is 0 Å². The van der Waals surface area contributed by atoms with Gasteiger partial charge in [0.1, 0.15) is 6.04 Å². The minimum absolute atomic E-state index is 0.0264. The summed E-state index contributed by atoms with van der Waals surface area (Å²) in [5, 5.41) is 8.71. The van der Waals surface area contributed by atoms with E-state index in [4.69, 9.17) is 11.6 Å². The van der Waals surface area contributed by atoms with Crippen LogP contribution in [0.4, 0.5) is 10.5 Å². The lowest BCUT2D eigenvalue weighted by atomic mass is 10.1. The first kappa shape index (κ1) is 17.8. The maximum absolute atomic E-state index is 12.4. The van der Waals surface area contributed by atoms with E-state index >= 15 is 0 Å². The second-order valence-electron chi connectivity index (χ2n) is 5.62. The lowest BCUT2D eigenvalue weighted by Crippen LogP contribution is -2.44. The molecule has 2 rings (SSSR count). The van der Waals surface area contributed by atoms with Crippen molar-refractivity contribution in [3.05, 3.63) is 65.2 Å². The summed E-state index contributed by atoms with van der Waals surface area (Å²) in [5.74, 6) is -0.266. The molecule has 126 valence electrons. The van der Waals surface area contributed by atoms with Crippen LogP contribution >= 0.6 is 11.6 Å². The summed E-state index contributed by atoms with van der Waals surface area (Å²) >= 11 is 5.90. The van der Waals surface area contributed by atoms with Gasteiger partial charge in [0.15, 0.2) is 0 Å². The van der Waals surface area contributed by atoms with Crippen LogP contribution in [0, 0.1) is 0 Å². The molecule has 6 heteroatoms. The molecule has 3 N–H and O–H groups in total. The van der Waals surface area contributed by atoms with Gasteiger partial charge >= 0.3 is 6.03 Å². The van der Waals surface area contributed by atoms with Crippen molar-refractivity contribution in [2.75, 3.05) is 5.32 Å². The van der Waals surface area contributed by atoms with Gasteiger partial charge in [0.2, 0.25) is 5.91 Å². The first-order valence-electron chi connectivity index (χ1n) is 7.64. The SMILES string of the molecule is CC(C)NC(=O)[C@@H](NC(=O)Nc1cccc(Cl)c1)c1ccccc1. The van der Waals surface area contributed by atoms with Gasteiger partial charge in [0.05, 0.1) is 0 Å². The van der Waals surface area contributed by atoms with Crippen molar-refractivity contribution >= 4 is 29.2 Å². The van der Waals surface area contributed by atoms with Crippen molar-refractivity contribution in [2.45, 2.75) is 25.9 Å². The van der Waals surface area contributed by atoms with E-state index in [1.807, 2.05) is 32.0 Å². The lowest BCUT2D eigenvalue weighted by molar-refractivity contribution is -0.123. The van der Waals surface area contributed by atoms with Crippen LogP contribution < -0.4 is 16.0 Å². The quantitative estimate of drug-likeness (QED) is 0.772. The summed E-state index contributed by atoms with van der Waals surface area (Å²) in [6, 6.07) is 14.6. The van der Waals surface area contributed by atoms with Crippen molar-refractivity contribution in [2.24, 2.45) is 0 Å². The molecule has 0 saturated carbocycles. The highest BCUT2D eigenvalue weighted by molar-refractivity contribution is 6.30. The maximum Gasteiger partial charge on any atom is 0.320 e. The molecule has 0 saturated heterocycles. The summed E-state index contributed by atoms with van der Waals surface area (Å²) in [6.07, 6.45) is 0.